The smallest absolute Gasteiger partial charge is 0.298 e. The summed E-state index contributed by atoms with van der Waals surface area (Å²) in [6.07, 6.45) is 0. The lowest BCUT2D eigenvalue weighted by Gasteiger charge is -2.13. The molecule has 0 saturated carbocycles. The Hall–Kier alpha value is -1.70. The van der Waals surface area contributed by atoms with Gasteiger partial charge in [-0.05, 0) is 24.3 Å². The Morgan fingerprint density at radius 2 is 2.29 bits per heavy atom. The number of hydrogen-bond acceptors (Lipinski definition) is 3. The number of ether oxygens (including phenoxy) is 1. The van der Waals surface area contributed by atoms with E-state index in [4.69, 9.17) is 10.3 Å². The Morgan fingerprint density at radius 3 is 2.88 bits per heavy atom. The molecule has 17 heavy (non-hydrogen) atoms. The van der Waals surface area contributed by atoms with E-state index in [1.54, 1.807) is 18.9 Å². The molecule has 0 aromatic carbocycles. The first-order valence-corrected chi connectivity index (χ1v) is 5.44. The maximum absolute atomic E-state index is 11.6. The summed E-state index contributed by atoms with van der Waals surface area (Å²) in [6, 6.07) is 0. The molecule has 0 bridgehead atoms. The van der Waals surface area contributed by atoms with E-state index >= 15 is 0 Å². The number of methoxy groups -OCH3 is 1. The van der Waals surface area contributed by atoms with Crippen molar-refractivity contribution in [3.8, 4) is 11.8 Å². The number of likely N-dealkylation sites (tertiary alicyclic amines) is 1. The Morgan fingerprint density at radius 1 is 1.59 bits per heavy atom. The maximum Gasteiger partial charge on any atom is 0.298 e. The van der Waals surface area contributed by atoms with E-state index in [1.165, 1.54) is 0 Å². The molecule has 6 nitrogen and oxygen atoms in total. The first-order valence-electron chi connectivity index (χ1n) is 5.44. The fourth-order valence-electron chi connectivity index (χ4n) is 2.04. The van der Waals surface area contributed by atoms with Crippen LogP contribution in [0.15, 0.2) is 5.11 Å². The third-order valence-corrected chi connectivity index (χ3v) is 2.86. The molecule has 1 saturated heterocycles. The van der Waals surface area contributed by atoms with Crippen molar-refractivity contribution in [2.24, 2.45) is 17.0 Å². The molecule has 1 aliphatic heterocycles. The summed E-state index contributed by atoms with van der Waals surface area (Å²) < 4.78 is 5.12. The number of rotatable bonds is 4. The van der Waals surface area contributed by atoms with Crippen LogP contribution >= 0.6 is 0 Å². The number of azide groups is 1. The molecule has 92 valence electrons. The van der Waals surface area contributed by atoms with Crippen molar-refractivity contribution in [3.63, 3.8) is 0 Å². The van der Waals surface area contributed by atoms with Crippen molar-refractivity contribution in [1.29, 1.82) is 0 Å². The highest BCUT2D eigenvalue weighted by atomic mass is 16.5. The summed E-state index contributed by atoms with van der Waals surface area (Å²) in [5.41, 5.74) is 8.33. The summed E-state index contributed by atoms with van der Waals surface area (Å²) in [7, 11) is 1.63. The molecule has 0 unspecified atom stereocenters. The van der Waals surface area contributed by atoms with E-state index < -0.39 is 0 Å². The maximum atomic E-state index is 11.6. The van der Waals surface area contributed by atoms with E-state index in [0.717, 1.165) is 0 Å². The second-order valence-electron chi connectivity index (χ2n) is 3.97. The topological polar surface area (TPSA) is 78.3 Å². The van der Waals surface area contributed by atoms with Crippen LogP contribution in [0.1, 0.15) is 6.92 Å². The van der Waals surface area contributed by atoms with Crippen LogP contribution in [0.3, 0.4) is 0 Å². The lowest BCUT2D eigenvalue weighted by Crippen LogP contribution is -2.28. The van der Waals surface area contributed by atoms with Gasteiger partial charge in [-0.2, -0.15) is 0 Å². The number of carbonyl (C=O) groups excluding carboxylic acids is 1. The second kappa shape index (κ2) is 6.79. The minimum Gasteiger partial charge on any atom is -0.384 e. The largest absolute Gasteiger partial charge is 0.384 e. The van der Waals surface area contributed by atoms with Gasteiger partial charge in [-0.1, -0.05) is 11.0 Å². The first-order chi connectivity index (χ1) is 8.22. The van der Waals surface area contributed by atoms with Gasteiger partial charge in [-0.15, -0.1) is 0 Å². The lowest BCUT2D eigenvalue weighted by molar-refractivity contribution is -0.124. The molecule has 2 atom stereocenters. The second-order valence-corrected chi connectivity index (χ2v) is 3.97. The van der Waals surface area contributed by atoms with Crippen molar-refractivity contribution in [1.82, 2.24) is 4.90 Å². The van der Waals surface area contributed by atoms with E-state index in [1.807, 2.05) is 0 Å². The van der Waals surface area contributed by atoms with Crippen LogP contribution in [0, 0.1) is 23.7 Å². The van der Waals surface area contributed by atoms with Crippen molar-refractivity contribution >= 4 is 5.91 Å². The fraction of sp³-hybridized carbons (Fsp3) is 0.727. The molecule has 1 rings (SSSR count). The summed E-state index contributed by atoms with van der Waals surface area (Å²) in [4.78, 5) is 16.1. The van der Waals surface area contributed by atoms with Crippen molar-refractivity contribution in [2.75, 3.05) is 33.4 Å². The van der Waals surface area contributed by atoms with Gasteiger partial charge in [0, 0.05) is 37.6 Å². The van der Waals surface area contributed by atoms with Crippen LogP contribution in [0.2, 0.25) is 0 Å². The number of nitrogens with zero attached hydrogens (tertiary/aromatic N) is 4. The van der Waals surface area contributed by atoms with Gasteiger partial charge in [0.05, 0.1) is 6.61 Å². The molecule has 1 fully saturated rings. The van der Waals surface area contributed by atoms with Crippen LogP contribution in [0.5, 0.6) is 0 Å². The van der Waals surface area contributed by atoms with Gasteiger partial charge >= 0.3 is 0 Å². The van der Waals surface area contributed by atoms with Crippen LogP contribution in [-0.4, -0.2) is 44.2 Å². The Kier molecular flexibility index (Phi) is 5.34. The van der Waals surface area contributed by atoms with Gasteiger partial charge < -0.3 is 9.64 Å². The summed E-state index contributed by atoms with van der Waals surface area (Å²) in [6.45, 7) is 3.80. The molecule has 0 N–H and O–H groups in total. The number of hydrogen-bond donors (Lipinski definition) is 0. The van der Waals surface area contributed by atoms with E-state index in [-0.39, 0.29) is 17.7 Å². The van der Waals surface area contributed by atoms with Crippen molar-refractivity contribution < 1.29 is 9.53 Å². The highest BCUT2D eigenvalue weighted by Gasteiger charge is 2.34. The molecule has 1 amide bonds. The van der Waals surface area contributed by atoms with Gasteiger partial charge in [0.1, 0.15) is 0 Å². The Balaban J connectivity index is 2.66. The molecule has 1 aliphatic rings. The van der Waals surface area contributed by atoms with Crippen LogP contribution in [0.4, 0.5) is 0 Å². The third-order valence-electron chi connectivity index (χ3n) is 2.86. The first kappa shape index (κ1) is 13.4. The van der Waals surface area contributed by atoms with E-state index in [9.17, 15) is 4.79 Å². The monoisotopic (exact) mass is 236 g/mol. The molecule has 0 spiro atoms. The molecule has 0 aromatic heterocycles. The zero-order valence-corrected chi connectivity index (χ0v) is 10.1. The van der Waals surface area contributed by atoms with E-state index in [2.05, 4.69) is 21.9 Å². The Labute approximate surface area is 101 Å². The normalized spacial score (nSPS) is 22.6. The van der Waals surface area contributed by atoms with Crippen LogP contribution < -0.4 is 0 Å². The van der Waals surface area contributed by atoms with Crippen LogP contribution in [0.25, 0.3) is 10.4 Å². The van der Waals surface area contributed by atoms with Crippen molar-refractivity contribution in [3.05, 3.63) is 10.4 Å². The molecule has 0 aromatic rings. The standard InChI is InChI=1S/C11H16N4O2/c1-3-4-11(16)15-6-9(5-13-14-12)10(7-15)8-17-2/h9-10H,5-8H2,1-2H3/t9-,10-/m0/s1. The summed E-state index contributed by atoms with van der Waals surface area (Å²) >= 11 is 0. The third kappa shape index (κ3) is 3.66. The average molecular weight is 236 g/mol. The highest BCUT2D eigenvalue weighted by molar-refractivity contribution is 5.93. The molecule has 0 aliphatic carbocycles. The fourth-order valence-corrected chi connectivity index (χ4v) is 2.04. The molecule has 6 heteroatoms. The van der Waals surface area contributed by atoms with E-state index in [0.29, 0.717) is 26.2 Å². The lowest BCUT2D eigenvalue weighted by atomic mass is 9.97. The minimum atomic E-state index is -0.169. The average Bonchev–Trinajstić information content (AvgIpc) is 2.71. The predicted molar refractivity (Wildman–Crippen MR) is 62.9 cm³/mol. The summed E-state index contributed by atoms with van der Waals surface area (Å²) in [5, 5.41) is 3.58. The van der Waals surface area contributed by atoms with Gasteiger partial charge in [0.15, 0.2) is 0 Å². The number of amides is 1. The van der Waals surface area contributed by atoms with Gasteiger partial charge in [-0.25, -0.2) is 0 Å². The molecule has 1 heterocycles. The van der Waals surface area contributed by atoms with Gasteiger partial charge in [0.2, 0.25) is 0 Å². The quantitative estimate of drug-likeness (QED) is 0.316. The SMILES string of the molecule is CC#CC(=O)N1C[C@@H](COC)[C@@H](CN=[N+]=[N-])C1. The van der Waals surface area contributed by atoms with Crippen LogP contribution in [-0.2, 0) is 9.53 Å². The molecular formula is C11H16N4O2. The minimum absolute atomic E-state index is 0.161. The predicted octanol–water partition coefficient (Wildman–Crippen LogP) is 1.04. The molecular weight excluding hydrogens is 220 g/mol. The number of carbonyl (C=O) groups is 1. The highest BCUT2D eigenvalue weighted by Crippen LogP contribution is 2.24. The zero-order valence-electron chi connectivity index (χ0n) is 10.1. The van der Waals surface area contributed by atoms with Gasteiger partial charge in [0.25, 0.3) is 5.91 Å². The Bertz CT molecular complexity index is 379. The summed E-state index contributed by atoms with van der Waals surface area (Å²) in [5.74, 6) is 5.32. The molecule has 0 radical (unpaired) electrons. The van der Waals surface area contributed by atoms with Crippen molar-refractivity contribution in [2.45, 2.75) is 6.92 Å². The van der Waals surface area contributed by atoms with Gasteiger partial charge in [-0.3, -0.25) is 4.79 Å². The zero-order chi connectivity index (χ0) is 12.7.